The molecule has 0 saturated heterocycles. The Morgan fingerprint density at radius 2 is 1.33 bits per heavy atom. The van der Waals surface area contributed by atoms with Crippen LogP contribution in [0.15, 0.2) is 0 Å². The molecule has 0 aromatic carbocycles. The van der Waals surface area contributed by atoms with Crippen LogP contribution in [0.25, 0.3) is 0 Å². The third kappa shape index (κ3) is 4.49. The molecule has 0 spiro atoms. The highest BCUT2D eigenvalue weighted by molar-refractivity contribution is 7.45. The summed E-state index contributed by atoms with van der Waals surface area (Å²) < 4.78 is 5.65. The van der Waals surface area contributed by atoms with Gasteiger partial charge in [0, 0.05) is 0 Å². The van der Waals surface area contributed by atoms with Gasteiger partial charge in [-0.3, -0.25) is 0 Å². The second-order valence-corrected chi connectivity index (χ2v) is 15.0. The third-order valence-corrected chi connectivity index (χ3v) is 12.7. The molecule has 0 saturated carbocycles. The van der Waals surface area contributed by atoms with Gasteiger partial charge in [-0.2, -0.15) is 0 Å². The first-order chi connectivity index (χ1) is 5.39. The zero-order valence-electron chi connectivity index (χ0n) is 7.66. The Labute approximate surface area is 90.7 Å². The molecule has 0 aromatic rings. The molecule has 0 aliphatic heterocycles. The minimum Gasteiger partial charge on any atom is -0.422 e. The molecule has 0 radical (unpaired) electrons. The van der Waals surface area contributed by atoms with E-state index in [4.69, 9.17) is 37.4 Å². The van der Waals surface area contributed by atoms with Crippen LogP contribution in [0.3, 0.4) is 0 Å². The lowest BCUT2D eigenvalue weighted by atomic mass is 11.0. The minimum absolute atomic E-state index is 0.692. The Morgan fingerprint density at radius 1 is 0.917 bits per heavy atom. The topological polar surface area (TPSA) is 9.23 Å². The van der Waals surface area contributed by atoms with Gasteiger partial charge in [0.05, 0.1) is 0 Å². The molecule has 0 bridgehead atoms. The number of rotatable bonds is 5. The lowest BCUT2D eigenvalue weighted by Gasteiger charge is -2.28. The molecule has 0 unspecified atom stereocenters. The third-order valence-electron chi connectivity index (χ3n) is 1.80. The van der Waals surface area contributed by atoms with Crippen molar-refractivity contribution in [1.29, 1.82) is 0 Å². The van der Waals surface area contributed by atoms with Gasteiger partial charge in [0.25, 0.3) is 7.63 Å². The average Bonchev–Trinajstić information content (AvgIpc) is 2.04. The predicted molar refractivity (Wildman–Crippen MR) is 61.6 cm³/mol. The van der Waals surface area contributed by atoms with Crippen LogP contribution in [0.4, 0.5) is 0 Å². The molecular weight excluding hydrogens is 251 g/mol. The highest BCUT2D eigenvalue weighted by atomic mass is 35.7. The van der Waals surface area contributed by atoms with E-state index in [1.54, 1.807) is 0 Å². The van der Waals surface area contributed by atoms with Crippen molar-refractivity contribution in [2.75, 3.05) is 0 Å². The molecule has 74 valence electrons. The summed E-state index contributed by atoms with van der Waals surface area (Å²) in [4.78, 5) is 0. The van der Waals surface area contributed by atoms with Crippen molar-refractivity contribution in [2.45, 2.75) is 38.9 Å². The predicted octanol–water partition coefficient (Wildman–Crippen LogP) is 4.16. The fourth-order valence-electron chi connectivity index (χ4n) is 0.734. The lowest BCUT2D eigenvalue weighted by Crippen LogP contribution is -2.40. The molecule has 0 amide bonds. The molecule has 12 heavy (non-hydrogen) atoms. The van der Waals surface area contributed by atoms with E-state index in [1.807, 2.05) is 20.8 Å². The minimum atomic E-state index is -2.48. The number of halogens is 3. The summed E-state index contributed by atoms with van der Waals surface area (Å²) in [5.41, 5.74) is 0. The molecular formula is C6H15Cl3OSi2. The van der Waals surface area contributed by atoms with Crippen LogP contribution in [0.2, 0.25) is 18.1 Å². The monoisotopic (exact) mass is 264 g/mol. The van der Waals surface area contributed by atoms with Crippen molar-refractivity contribution >= 4 is 47.8 Å². The molecule has 0 aliphatic rings. The summed E-state index contributed by atoms with van der Waals surface area (Å²) in [6.07, 6.45) is 0. The van der Waals surface area contributed by atoms with Crippen LogP contribution < -0.4 is 0 Å². The van der Waals surface area contributed by atoms with E-state index in [0.717, 1.165) is 12.1 Å². The highest BCUT2D eigenvalue weighted by Gasteiger charge is 2.40. The van der Waals surface area contributed by atoms with Crippen LogP contribution in [0.1, 0.15) is 20.8 Å². The van der Waals surface area contributed by atoms with Gasteiger partial charge in [-0.15, -0.1) is 33.2 Å². The molecule has 0 fully saturated rings. The molecule has 0 rings (SSSR count). The maximum atomic E-state index is 6.25. The van der Waals surface area contributed by atoms with Crippen LogP contribution in [0.5, 0.6) is 0 Å². The Kier molecular flexibility index (Phi) is 5.77. The first-order valence-corrected chi connectivity index (χ1v) is 11.6. The van der Waals surface area contributed by atoms with Gasteiger partial charge >= 0.3 is 6.94 Å². The Balaban J connectivity index is 4.20. The molecule has 0 atom stereocenters. The van der Waals surface area contributed by atoms with Crippen LogP contribution in [-0.4, -0.2) is 14.6 Å². The van der Waals surface area contributed by atoms with Gasteiger partial charge in [0.15, 0.2) is 0 Å². The molecule has 0 heterocycles. The molecule has 0 aliphatic carbocycles. The Hall–Kier alpha value is 1.26. The summed E-state index contributed by atoms with van der Waals surface area (Å²) in [7, 11) is -2.08. The maximum Gasteiger partial charge on any atom is 0.379 e. The summed E-state index contributed by atoms with van der Waals surface area (Å²) in [5, 5.41) is 0. The second-order valence-electron chi connectivity index (χ2n) is 2.68. The smallest absolute Gasteiger partial charge is 0.379 e. The molecule has 1 nitrogen and oxygen atoms in total. The van der Waals surface area contributed by atoms with Crippen molar-refractivity contribution in [3.05, 3.63) is 0 Å². The Bertz CT molecular complexity index is 139. The number of hydrogen-bond donors (Lipinski definition) is 0. The van der Waals surface area contributed by atoms with Crippen LogP contribution in [-0.2, 0) is 4.12 Å². The SMILES string of the molecule is CC[Si](Cl)(Cl)O[Si](Cl)(CC)CC. The summed E-state index contributed by atoms with van der Waals surface area (Å²) in [6.45, 7) is 3.50. The van der Waals surface area contributed by atoms with Gasteiger partial charge in [0.2, 0.25) is 0 Å². The molecule has 0 N–H and O–H groups in total. The van der Waals surface area contributed by atoms with E-state index >= 15 is 0 Å². The van der Waals surface area contributed by atoms with Gasteiger partial charge in [0.1, 0.15) is 0 Å². The van der Waals surface area contributed by atoms with E-state index in [0.29, 0.717) is 6.04 Å². The summed E-state index contributed by atoms with van der Waals surface area (Å²) in [6, 6.07) is 2.41. The van der Waals surface area contributed by atoms with Gasteiger partial charge in [-0.05, 0) is 18.1 Å². The maximum absolute atomic E-state index is 6.25. The van der Waals surface area contributed by atoms with Crippen molar-refractivity contribution < 1.29 is 4.12 Å². The second kappa shape index (κ2) is 5.22. The quantitative estimate of drug-likeness (QED) is 0.536. The first kappa shape index (κ1) is 13.3. The zero-order valence-corrected chi connectivity index (χ0v) is 11.9. The van der Waals surface area contributed by atoms with Crippen LogP contribution in [0, 0.1) is 0 Å². The average molecular weight is 266 g/mol. The van der Waals surface area contributed by atoms with Crippen molar-refractivity contribution in [3.63, 3.8) is 0 Å². The van der Waals surface area contributed by atoms with Crippen LogP contribution >= 0.6 is 33.2 Å². The van der Waals surface area contributed by atoms with E-state index in [1.165, 1.54) is 0 Å². The standard InChI is InChI=1S/C6H15Cl3OSi2/c1-4-11(7,5-2)10-12(8,9)6-3/h4-6H2,1-3H3. The van der Waals surface area contributed by atoms with Crippen molar-refractivity contribution in [3.8, 4) is 0 Å². The normalized spacial score (nSPS) is 13.5. The fraction of sp³-hybridized carbons (Fsp3) is 1.00. The lowest BCUT2D eigenvalue weighted by molar-refractivity contribution is 0.578. The first-order valence-electron chi connectivity index (χ1n) is 4.16. The summed E-state index contributed by atoms with van der Waals surface area (Å²) in [5.74, 6) is 0. The number of hydrogen-bond acceptors (Lipinski definition) is 1. The van der Waals surface area contributed by atoms with Crippen molar-refractivity contribution in [1.82, 2.24) is 0 Å². The highest BCUT2D eigenvalue weighted by Crippen LogP contribution is 2.31. The van der Waals surface area contributed by atoms with Crippen molar-refractivity contribution in [2.24, 2.45) is 0 Å². The van der Waals surface area contributed by atoms with E-state index < -0.39 is 14.6 Å². The van der Waals surface area contributed by atoms with E-state index in [9.17, 15) is 0 Å². The fourth-order valence-corrected chi connectivity index (χ4v) is 9.66. The van der Waals surface area contributed by atoms with Gasteiger partial charge in [-0.1, -0.05) is 20.8 Å². The molecule has 6 heteroatoms. The van der Waals surface area contributed by atoms with E-state index in [2.05, 4.69) is 0 Å². The van der Waals surface area contributed by atoms with Gasteiger partial charge in [-0.25, -0.2) is 0 Å². The van der Waals surface area contributed by atoms with Gasteiger partial charge < -0.3 is 4.12 Å². The Morgan fingerprint density at radius 3 is 1.58 bits per heavy atom. The zero-order chi connectivity index (χ0) is 9.83. The summed E-state index contributed by atoms with van der Waals surface area (Å²) >= 11 is 18.2. The largest absolute Gasteiger partial charge is 0.422 e. The molecule has 0 aromatic heterocycles. The van der Waals surface area contributed by atoms with E-state index in [-0.39, 0.29) is 0 Å².